The van der Waals surface area contributed by atoms with Crippen LogP contribution in [0.2, 0.25) is 0 Å². The minimum absolute atomic E-state index is 0.0574. The number of benzene rings is 4. The Hall–Kier alpha value is -4.58. The maximum atomic E-state index is 10.4. The highest BCUT2D eigenvalue weighted by Crippen LogP contribution is 2.53. The van der Waals surface area contributed by atoms with Crippen LogP contribution in [0.3, 0.4) is 0 Å². The van der Waals surface area contributed by atoms with Crippen LogP contribution in [-0.4, -0.2) is 27.5 Å². The van der Waals surface area contributed by atoms with E-state index in [0.717, 1.165) is 28.0 Å². The second-order valence-corrected chi connectivity index (χ2v) is 8.44. The van der Waals surface area contributed by atoms with E-state index in [0.29, 0.717) is 11.3 Å². The van der Waals surface area contributed by atoms with Crippen molar-refractivity contribution in [2.45, 2.75) is 12.0 Å². The zero-order valence-electron chi connectivity index (χ0n) is 18.9. The Morgan fingerprint density at radius 1 is 0.686 bits per heavy atom. The second kappa shape index (κ2) is 8.99. The van der Waals surface area contributed by atoms with Gasteiger partial charge in [-0.25, -0.2) is 0 Å². The third kappa shape index (κ3) is 4.46. The Bertz CT molecular complexity index is 1370. The van der Waals surface area contributed by atoms with Crippen molar-refractivity contribution in [3.05, 3.63) is 107 Å². The van der Waals surface area contributed by atoms with Crippen molar-refractivity contribution in [1.82, 2.24) is 0 Å². The molecule has 35 heavy (non-hydrogen) atoms. The molecule has 6 heteroatoms. The Labute approximate surface area is 202 Å². The van der Waals surface area contributed by atoms with E-state index in [2.05, 4.69) is 0 Å². The van der Waals surface area contributed by atoms with Gasteiger partial charge in [0.05, 0.1) is 13.0 Å². The van der Waals surface area contributed by atoms with E-state index in [-0.39, 0.29) is 23.0 Å². The molecule has 0 saturated heterocycles. The summed E-state index contributed by atoms with van der Waals surface area (Å²) in [5.41, 5.74) is 3.96. The molecular formula is C29H24O6. The van der Waals surface area contributed by atoms with Crippen LogP contribution in [0.4, 0.5) is 0 Å². The number of fused-ring (bicyclic) bond motifs is 1. The van der Waals surface area contributed by atoms with Crippen LogP contribution in [-0.2, 0) is 0 Å². The molecule has 0 radical (unpaired) electrons. The summed E-state index contributed by atoms with van der Waals surface area (Å²) < 4.78 is 11.5. The molecule has 6 nitrogen and oxygen atoms in total. The quantitative estimate of drug-likeness (QED) is 0.270. The van der Waals surface area contributed by atoms with Crippen molar-refractivity contribution in [2.75, 3.05) is 7.11 Å². The average Bonchev–Trinajstić information content (AvgIpc) is 3.22. The van der Waals surface area contributed by atoms with E-state index in [1.54, 1.807) is 55.6 Å². The van der Waals surface area contributed by atoms with Crippen molar-refractivity contribution in [1.29, 1.82) is 0 Å². The molecule has 4 aromatic rings. The average molecular weight is 469 g/mol. The molecule has 0 amide bonds. The van der Waals surface area contributed by atoms with E-state index >= 15 is 0 Å². The summed E-state index contributed by atoms with van der Waals surface area (Å²) in [6, 6.07) is 22.0. The number of rotatable bonds is 5. The van der Waals surface area contributed by atoms with Gasteiger partial charge in [-0.05, 0) is 64.7 Å². The summed E-state index contributed by atoms with van der Waals surface area (Å²) in [5, 5.41) is 40.6. The van der Waals surface area contributed by atoms with E-state index in [1.807, 2.05) is 36.4 Å². The highest BCUT2D eigenvalue weighted by molar-refractivity contribution is 5.75. The number of hydrogen-bond acceptors (Lipinski definition) is 6. The summed E-state index contributed by atoms with van der Waals surface area (Å²) in [4.78, 5) is 0. The maximum Gasteiger partial charge on any atom is 0.135 e. The third-order valence-electron chi connectivity index (χ3n) is 6.10. The summed E-state index contributed by atoms with van der Waals surface area (Å²) in [6.07, 6.45) is 3.32. The van der Waals surface area contributed by atoms with Crippen molar-refractivity contribution >= 4 is 12.2 Å². The van der Waals surface area contributed by atoms with Gasteiger partial charge >= 0.3 is 0 Å². The largest absolute Gasteiger partial charge is 0.508 e. The zero-order valence-corrected chi connectivity index (χ0v) is 18.9. The topological polar surface area (TPSA) is 99.4 Å². The van der Waals surface area contributed by atoms with Crippen molar-refractivity contribution in [3.63, 3.8) is 0 Å². The minimum Gasteiger partial charge on any atom is -0.508 e. The Kier molecular flexibility index (Phi) is 5.71. The molecule has 0 saturated carbocycles. The SMILES string of the molecule is COc1ccc(/C=C/c2cc(O)cc3c2[C@H](c2cc(O)cc(O)c2)[C@@H](c2ccc(O)cc2)O3)cc1. The monoisotopic (exact) mass is 468 g/mol. The molecule has 1 aliphatic heterocycles. The predicted octanol–water partition coefficient (Wildman–Crippen LogP) is 5.95. The fourth-order valence-corrected chi connectivity index (χ4v) is 4.52. The molecule has 0 spiro atoms. The molecule has 4 aromatic carbocycles. The molecule has 0 unspecified atom stereocenters. The van der Waals surface area contributed by atoms with Gasteiger partial charge in [-0.3, -0.25) is 0 Å². The first-order valence-electron chi connectivity index (χ1n) is 11.1. The fourth-order valence-electron chi connectivity index (χ4n) is 4.52. The minimum atomic E-state index is -0.512. The van der Waals surface area contributed by atoms with Gasteiger partial charge in [0, 0.05) is 17.7 Å². The van der Waals surface area contributed by atoms with Gasteiger partial charge in [0.15, 0.2) is 0 Å². The molecule has 0 aromatic heterocycles. The van der Waals surface area contributed by atoms with Crippen LogP contribution in [0.5, 0.6) is 34.5 Å². The first-order valence-corrected chi connectivity index (χ1v) is 11.1. The van der Waals surface area contributed by atoms with Gasteiger partial charge < -0.3 is 29.9 Å². The van der Waals surface area contributed by atoms with Crippen LogP contribution in [0, 0.1) is 0 Å². The normalized spacial score (nSPS) is 16.7. The fraction of sp³-hybridized carbons (Fsp3) is 0.103. The zero-order chi connectivity index (χ0) is 24.5. The highest BCUT2D eigenvalue weighted by Gasteiger charge is 2.39. The van der Waals surface area contributed by atoms with E-state index in [9.17, 15) is 20.4 Å². The van der Waals surface area contributed by atoms with E-state index < -0.39 is 12.0 Å². The van der Waals surface area contributed by atoms with Gasteiger partial charge in [-0.15, -0.1) is 0 Å². The van der Waals surface area contributed by atoms with Gasteiger partial charge in [-0.2, -0.15) is 0 Å². The summed E-state index contributed by atoms with van der Waals surface area (Å²) in [5.74, 6) is 0.931. The lowest BCUT2D eigenvalue weighted by atomic mass is 9.82. The van der Waals surface area contributed by atoms with Gasteiger partial charge in [-0.1, -0.05) is 36.4 Å². The first-order chi connectivity index (χ1) is 16.9. The maximum absolute atomic E-state index is 10.4. The second-order valence-electron chi connectivity index (χ2n) is 8.44. The van der Waals surface area contributed by atoms with Crippen molar-refractivity contribution < 1.29 is 29.9 Å². The lowest BCUT2D eigenvalue weighted by Gasteiger charge is -2.21. The Balaban J connectivity index is 1.64. The molecule has 0 aliphatic carbocycles. The van der Waals surface area contributed by atoms with Gasteiger partial charge in [0.1, 0.15) is 40.6 Å². The number of ether oxygens (including phenoxy) is 2. The lowest BCUT2D eigenvalue weighted by Crippen LogP contribution is -2.11. The van der Waals surface area contributed by atoms with E-state index in [1.165, 1.54) is 6.07 Å². The van der Waals surface area contributed by atoms with Crippen molar-refractivity contribution in [2.24, 2.45) is 0 Å². The van der Waals surface area contributed by atoms with Gasteiger partial charge in [0.25, 0.3) is 0 Å². The van der Waals surface area contributed by atoms with Crippen LogP contribution in [0.15, 0.2) is 78.9 Å². The molecule has 4 N–H and O–H groups in total. The van der Waals surface area contributed by atoms with Crippen LogP contribution in [0.1, 0.15) is 39.8 Å². The first kappa shape index (κ1) is 22.2. The van der Waals surface area contributed by atoms with Gasteiger partial charge in [0.2, 0.25) is 0 Å². The number of phenols is 4. The molecule has 2 atom stereocenters. The Morgan fingerprint density at radius 3 is 2.00 bits per heavy atom. The Morgan fingerprint density at radius 2 is 1.34 bits per heavy atom. The number of phenolic OH excluding ortho intramolecular Hbond substituents is 4. The summed E-state index contributed by atoms with van der Waals surface area (Å²) in [6.45, 7) is 0. The van der Waals surface area contributed by atoms with Crippen LogP contribution in [0.25, 0.3) is 12.2 Å². The smallest absolute Gasteiger partial charge is 0.135 e. The number of aromatic hydroxyl groups is 4. The summed E-state index contributed by atoms with van der Waals surface area (Å²) >= 11 is 0. The predicted molar refractivity (Wildman–Crippen MR) is 133 cm³/mol. The molecule has 5 rings (SSSR count). The van der Waals surface area contributed by atoms with Crippen LogP contribution >= 0.6 is 0 Å². The number of hydrogen-bond donors (Lipinski definition) is 4. The molecule has 176 valence electrons. The van der Waals surface area contributed by atoms with E-state index in [4.69, 9.17) is 9.47 Å². The number of methoxy groups -OCH3 is 1. The lowest BCUT2D eigenvalue weighted by molar-refractivity contribution is 0.221. The molecule has 1 heterocycles. The molecule has 0 bridgehead atoms. The molecular weight excluding hydrogens is 444 g/mol. The molecule has 1 aliphatic rings. The van der Waals surface area contributed by atoms with Crippen molar-refractivity contribution in [3.8, 4) is 34.5 Å². The van der Waals surface area contributed by atoms with Crippen LogP contribution < -0.4 is 9.47 Å². The summed E-state index contributed by atoms with van der Waals surface area (Å²) in [7, 11) is 1.62. The highest BCUT2D eigenvalue weighted by atomic mass is 16.5. The standard InChI is InChI=1S/C29H24O6/c1-34-25-10-3-17(4-11-25)2-5-19-12-24(33)16-26-27(19)28(20-13-22(31)15-23(32)14-20)29(35-26)18-6-8-21(30)9-7-18/h2-16,28-33H,1H3/b5-2+/t28-,29+/m0/s1. The third-order valence-corrected chi connectivity index (χ3v) is 6.10. The molecule has 0 fully saturated rings.